The van der Waals surface area contributed by atoms with E-state index < -0.39 is 4.25 Å². The van der Waals surface area contributed by atoms with Crippen LogP contribution in [-0.4, -0.2) is 24.5 Å². The molecule has 0 saturated carbocycles. The molecule has 0 fully saturated rings. The van der Waals surface area contributed by atoms with Gasteiger partial charge in [-0.2, -0.15) is 0 Å². The van der Waals surface area contributed by atoms with E-state index in [1.807, 2.05) is 24.3 Å². The first-order valence-electron chi connectivity index (χ1n) is 8.66. The number of fused-ring (bicyclic) bond motifs is 1. The van der Waals surface area contributed by atoms with E-state index in [9.17, 15) is 4.79 Å². The first-order chi connectivity index (χ1) is 10.9. The number of hydrogen-bond donors (Lipinski definition) is 0. The van der Waals surface area contributed by atoms with E-state index >= 15 is 0 Å². The maximum absolute atomic E-state index is 13.7. The molecule has 0 heterocycles. The van der Waals surface area contributed by atoms with Crippen molar-refractivity contribution in [2.75, 3.05) is 19.0 Å². The molecule has 0 spiro atoms. The summed E-state index contributed by atoms with van der Waals surface area (Å²) >= 11 is 2.60. The molecule has 2 aromatic carbocycles. The molecule has 2 aromatic rings. The Bertz CT molecular complexity index is 676. The molecule has 0 atom stereocenters. The second kappa shape index (κ2) is 7.61. The second-order valence-corrected chi connectivity index (χ2v) is 20.4. The van der Waals surface area contributed by atoms with Gasteiger partial charge in [-0.25, -0.2) is 0 Å². The van der Waals surface area contributed by atoms with E-state index in [4.69, 9.17) is 0 Å². The van der Waals surface area contributed by atoms with E-state index in [2.05, 4.69) is 60.8 Å². The van der Waals surface area contributed by atoms with Crippen molar-refractivity contribution < 1.29 is 4.79 Å². The summed E-state index contributed by atoms with van der Waals surface area (Å²) in [5, 5.41) is 2.28. The molecule has 1 nitrogen and oxygen atoms in total. The van der Waals surface area contributed by atoms with Crippen LogP contribution < -0.4 is 0 Å². The summed E-state index contributed by atoms with van der Waals surface area (Å²) in [7, 11) is 0. The average Bonchev–Trinajstić information content (AvgIpc) is 2.57. The van der Waals surface area contributed by atoms with E-state index in [1.54, 1.807) is 0 Å². The standard InChI is InChI=1S/C20H28IOP/c1-4-6-15-23(3,21,16-7-5-2)20(22)19-14-10-12-17-11-8-9-13-18(17)19/h8-14H,4-7,15-16H2,1-3H3. The van der Waals surface area contributed by atoms with Gasteiger partial charge in [0.2, 0.25) is 0 Å². The van der Waals surface area contributed by atoms with Gasteiger partial charge in [-0.1, -0.05) is 0 Å². The third kappa shape index (κ3) is 4.14. The van der Waals surface area contributed by atoms with Crippen LogP contribution in [0.2, 0.25) is 0 Å². The van der Waals surface area contributed by atoms with Crippen LogP contribution in [0.3, 0.4) is 0 Å². The summed E-state index contributed by atoms with van der Waals surface area (Å²) in [5.74, 6) is 0. The molecule has 0 N–H and O–H groups in total. The van der Waals surface area contributed by atoms with Gasteiger partial charge in [0.25, 0.3) is 0 Å². The van der Waals surface area contributed by atoms with Crippen molar-refractivity contribution in [2.45, 2.75) is 39.5 Å². The van der Waals surface area contributed by atoms with Crippen molar-refractivity contribution in [1.29, 1.82) is 0 Å². The van der Waals surface area contributed by atoms with Gasteiger partial charge < -0.3 is 0 Å². The van der Waals surface area contributed by atoms with Gasteiger partial charge in [0.15, 0.2) is 0 Å². The van der Waals surface area contributed by atoms with Gasteiger partial charge in [0.1, 0.15) is 0 Å². The van der Waals surface area contributed by atoms with Crippen LogP contribution in [0.5, 0.6) is 0 Å². The normalized spacial score (nSPS) is 13.7. The average molecular weight is 442 g/mol. The summed E-state index contributed by atoms with van der Waals surface area (Å²) in [4.78, 5) is 13.7. The predicted molar refractivity (Wildman–Crippen MR) is 115 cm³/mol. The van der Waals surface area contributed by atoms with Gasteiger partial charge in [0.05, 0.1) is 0 Å². The molecule has 0 saturated heterocycles. The van der Waals surface area contributed by atoms with Crippen molar-refractivity contribution in [3.8, 4) is 0 Å². The van der Waals surface area contributed by atoms with E-state index in [0.717, 1.165) is 49.0 Å². The number of unbranched alkanes of at least 4 members (excludes halogenated alkanes) is 2. The predicted octanol–water partition coefficient (Wildman–Crippen LogP) is 7.11. The van der Waals surface area contributed by atoms with Crippen LogP contribution in [-0.2, 0) is 0 Å². The zero-order valence-electron chi connectivity index (χ0n) is 14.5. The van der Waals surface area contributed by atoms with Gasteiger partial charge in [-0.3, -0.25) is 0 Å². The first kappa shape index (κ1) is 18.9. The van der Waals surface area contributed by atoms with Crippen molar-refractivity contribution >= 4 is 42.6 Å². The summed E-state index contributed by atoms with van der Waals surface area (Å²) in [6, 6.07) is 14.4. The maximum atomic E-state index is 13.7. The Morgan fingerprint density at radius 2 is 1.52 bits per heavy atom. The zero-order valence-corrected chi connectivity index (χ0v) is 17.6. The Morgan fingerprint density at radius 3 is 2.13 bits per heavy atom. The number of rotatable bonds is 8. The van der Waals surface area contributed by atoms with Gasteiger partial charge in [-0.15, -0.1) is 0 Å². The van der Waals surface area contributed by atoms with Crippen LogP contribution in [0.25, 0.3) is 10.8 Å². The molecule has 0 radical (unpaired) electrons. The molecule has 0 amide bonds. The fourth-order valence-corrected chi connectivity index (χ4v) is 9.79. The minimum atomic E-state index is -2.41. The molecule has 0 aliphatic carbocycles. The molecule has 0 aromatic heterocycles. The molecule has 0 unspecified atom stereocenters. The number of carbonyl (C=O) groups excluding carboxylic acids is 1. The Hall–Kier alpha value is -0.470. The van der Waals surface area contributed by atoms with Crippen molar-refractivity contribution in [3.63, 3.8) is 0 Å². The third-order valence-corrected chi connectivity index (χ3v) is 13.3. The zero-order chi connectivity index (χ0) is 16.9. The summed E-state index contributed by atoms with van der Waals surface area (Å²) in [6.07, 6.45) is 6.76. The monoisotopic (exact) mass is 442 g/mol. The van der Waals surface area contributed by atoms with Crippen LogP contribution in [0.1, 0.15) is 49.9 Å². The Morgan fingerprint density at radius 1 is 0.957 bits per heavy atom. The topological polar surface area (TPSA) is 17.1 Å². The SMILES string of the molecule is CCCCP(C)(I)(CCCC)C(=O)c1cccc2ccccc12. The van der Waals surface area contributed by atoms with E-state index in [1.165, 1.54) is 5.39 Å². The summed E-state index contributed by atoms with van der Waals surface area (Å²) in [5.41, 5.74) is 1.36. The van der Waals surface area contributed by atoms with Gasteiger partial charge in [0, 0.05) is 0 Å². The molecule has 126 valence electrons. The van der Waals surface area contributed by atoms with Crippen molar-refractivity contribution in [1.82, 2.24) is 0 Å². The van der Waals surface area contributed by atoms with Crippen LogP contribution in [0.4, 0.5) is 0 Å². The van der Waals surface area contributed by atoms with E-state index in [-0.39, 0.29) is 0 Å². The minimum absolute atomic E-state index is 0.426. The quantitative estimate of drug-likeness (QED) is 0.315. The molecule has 2 rings (SSSR count). The van der Waals surface area contributed by atoms with Gasteiger partial charge in [-0.05, 0) is 0 Å². The Balaban J connectivity index is 2.51. The van der Waals surface area contributed by atoms with Crippen LogP contribution >= 0.6 is 26.3 Å². The third-order valence-electron chi connectivity index (χ3n) is 4.77. The fourth-order valence-electron chi connectivity index (χ4n) is 3.20. The van der Waals surface area contributed by atoms with E-state index in [0.29, 0.717) is 5.52 Å². The molecule has 0 aliphatic rings. The Labute approximate surface area is 153 Å². The molecule has 3 heteroatoms. The number of halogens is 1. The van der Waals surface area contributed by atoms with Gasteiger partial charge >= 0.3 is 154 Å². The molecule has 0 bridgehead atoms. The number of benzene rings is 2. The summed E-state index contributed by atoms with van der Waals surface area (Å²) < 4.78 is -2.41. The molecular formula is C20H28IOP. The second-order valence-electron chi connectivity index (χ2n) is 6.87. The molecule has 0 aliphatic heterocycles. The van der Waals surface area contributed by atoms with Crippen molar-refractivity contribution in [2.24, 2.45) is 0 Å². The van der Waals surface area contributed by atoms with Crippen LogP contribution in [0.15, 0.2) is 42.5 Å². The molecular weight excluding hydrogens is 414 g/mol. The van der Waals surface area contributed by atoms with Crippen LogP contribution in [0, 0.1) is 0 Å². The molecule has 23 heavy (non-hydrogen) atoms. The Kier molecular flexibility index (Phi) is 6.24. The number of carbonyl (C=O) groups is 1. The number of hydrogen-bond acceptors (Lipinski definition) is 1. The fraction of sp³-hybridized carbons (Fsp3) is 0.450. The van der Waals surface area contributed by atoms with Crippen molar-refractivity contribution in [3.05, 3.63) is 48.0 Å². The first-order valence-corrected chi connectivity index (χ1v) is 14.5. The summed E-state index contributed by atoms with van der Waals surface area (Å²) in [6.45, 7) is 6.74.